The normalized spacial score (nSPS) is 13.8. The molecule has 1 rings (SSSR count). The van der Waals surface area contributed by atoms with E-state index in [-0.39, 0.29) is 24.7 Å². The van der Waals surface area contributed by atoms with Crippen LogP contribution in [0.2, 0.25) is 5.02 Å². The molecule has 0 aromatic heterocycles. The van der Waals surface area contributed by atoms with Gasteiger partial charge in [-0.1, -0.05) is 29.8 Å². The van der Waals surface area contributed by atoms with Crippen molar-refractivity contribution in [3.05, 3.63) is 34.9 Å². The summed E-state index contributed by atoms with van der Waals surface area (Å²) in [6.07, 6.45) is 0. The van der Waals surface area contributed by atoms with E-state index < -0.39 is 0 Å². The molecule has 0 aliphatic rings. The molecule has 2 atom stereocenters. The zero-order valence-electron chi connectivity index (χ0n) is 10.9. The number of carbonyl (C=O) groups is 1. The minimum absolute atomic E-state index is 0.0651. The van der Waals surface area contributed by atoms with Crippen LogP contribution in [0.3, 0.4) is 0 Å². The molecular weight excluding hydrogens is 252 g/mol. The van der Waals surface area contributed by atoms with E-state index in [0.717, 1.165) is 5.56 Å². The number of carbonyl (C=O) groups excluding carboxylic acids is 1. The zero-order valence-corrected chi connectivity index (χ0v) is 11.6. The van der Waals surface area contributed by atoms with E-state index in [0.29, 0.717) is 5.02 Å². The predicted octanol–water partition coefficient (Wildman–Crippen LogP) is 2.42. The molecule has 0 bridgehead atoms. The van der Waals surface area contributed by atoms with Crippen LogP contribution < -0.4 is 5.32 Å². The number of nitrogens with zero attached hydrogens (tertiary/aromatic N) is 1. The smallest absolute Gasteiger partial charge is 0.317 e. The van der Waals surface area contributed by atoms with Gasteiger partial charge >= 0.3 is 6.03 Å². The first-order chi connectivity index (χ1) is 8.47. The summed E-state index contributed by atoms with van der Waals surface area (Å²) in [6, 6.07) is 6.76. The van der Waals surface area contributed by atoms with Crippen LogP contribution in [0, 0.1) is 0 Å². The second-order valence-electron chi connectivity index (χ2n) is 4.34. The number of halogens is 1. The van der Waals surface area contributed by atoms with Crippen molar-refractivity contribution in [1.29, 1.82) is 0 Å². The van der Waals surface area contributed by atoms with Gasteiger partial charge in [0.2, 0.25) is 0 Å². The Balaban J connectivity index is 2.68. The van der Waals surface area contributed by atoms with Gasteiger partial charge in [0, 0.05) is 12.1 Å². The molecule has 0 spiro atoms. The molecule has 0 aliphatic carbocycles. The van der Waals surface area contributed by atoms with Crippen molar-refractivity contribution in [2.45, 2.75) is 25.9 Å². The number of hydrogen-bond donors (Lipinski definition) is 2. The molecule has 4 nitrogen and oxygen atoms in total. The maximum absolute atomic E-state index is 11.9. The summed E-state index contributed by atoms with van der Waals surface area (Å²) in [5, 5.41) is 12.5. The lowest BCUT2D eigenvalue weighted by Crippen LogP contribution is -2.44. The highest BCUT2D eigenvalue weighted by molar-refractivity contribution is 6.31. The molecule has 18 heavy (non-hydrogen) atoms. The van der Waals surface area contributed by atoms with Gasteiger partial charge in [-0.05, 0) is 25.5 Å². The summed E-state index contributed by atoms with van der Waals surface area (Å²) >= 11 is 6.07. The Labute approximate surface area is 113 Å². The van der Waals surface area contributed by atoms with Gasteiger partial charge in [-0.3, -0.25) is 0 Å². The Hall–Kier alpha value is -1.26. The van der Waals surface area contributed by atoms with Gasteiger partial charge in [0.1, 0.15) is 0 Å². The molecule has 2 amide bonds. The van der Waals surface area contributed by atoms with Crippen molar-refractivity contribution < 1.29 is 9.90 Å². The van der Waals surface area contributed by atoms with Crippen molar-refractivity contribution in [2.24, 2.45) is 0 Å². The van der Waals surface area contributed by atoms with Crippen molar-refractivity contribution >= 4 is 17.6 Å². The number of aliphatic hydroxyl groups excluding tert-OH is 1. The zero-order chi connectivity index (χ0) is 13.7. The largest absolute Gasteiger partial charge is 0.394 e. The molecular formula is C13H19ClN2O2. The standard InChI is InChI=1S/C13H19ClN2O2/c1-9(8-17)16(3)13(18)15-10(2)11-6-4-5-7-12(11)14/h4-7,9-10,17H,8H2,1-3H3,(H,15,18). The molecule has 5 heteroatoms. The fraction of sp³-hybridized carbons (Fsp3) is 0.462. The monoisotopic (exact) mass is 270 g/mol. The lowest BCUT2D eigenvalue weighted by Gasteiger charge is -2.26. The molecule has 1 aromatic carbocycles. The average molecular weight is 271 g/mol. The molecule has 0 saturated carbocycles. The molecule has 100 valence electrons. The van der Waals surface area contributed by atoms with Crippen LogP contribution in [0.4, 0.5) is 4.79 Å². The Morgan fingerprint density at radius 1 is 1.44 bits per heavy atom. The number of benzene rings is 1. The van der Waals surface area contributed by atoms with E-state index in [4.69, 9.17) is 16.7 Å². The van der Waals surface area contributed by atoms with E-state index in [1.807, 2.05) is 25.1 Å². The molecule has 0 radical (unpaired) electrons. The fourth-order valence-electron chi connectivity index (χ4n) is 1.51. The van der Waals surface area contributed by atoms with Gasteiger partial charge < -0.3 is 15.3 Å². The van der Waals surface area contributed by atoms with Gasteiger partial charge in [-0.15, -0.1) is 0 Å². The van der Waals surface area contributed by atoms with Gasteiger partial charge in [-0.2, -0.15) is 0 Å². The molecule has 2 N–H and O–H groups in total. The van der Waals surface area contributed by atoms with Crippen LogP contribution in [-0.4, -0.2) is 35.7 Å². The minimum Gasteiger partial charge on any atom is -0.394 e. The third kappa shape index (κ3) is 3.62. The Kier molecular flexibility index (Phi) is 5.44. The number of aliphatic hydroxyl groups is 1. The summed E-state index contributed by atoms with van der Waals surface area (Å²) in [5.41, 5.74) is 0.873. The molecule has 0 saturated heterocycles. The number of hydrogen-bond acceptors (Lipinski definition) is 2. The number of urea groups is 1. The molecule has 1 aromatic rings. The van der Waals surface area contributed by atoms with E-state index in [1.165, 1.54) is 4.90 Å². The second-order valence-corrected chi connectivity index (χ2v) is 4.74. The lowest BCUT2D eigenvalue weighted by molar-refractivity contribution is 0.155. The highest BCUT2D eigenvalue weighted by Crippen LogP contribution is 2.22. The molecule has 2 unspecified atom stereocenters. The summed E-state index contributed by atoms with van der Waals surface area (Å²) in [6.45, 7) is 3.58. The average Bonchev–Trinajstić information content (AvgIpc) is 2.37. The SMILES string of the molecule is CC(NC(=O)N(C)C(C)CO)c1ccccc1Cl. The highest BCUT2D eigenvalue weighted by Gasteiger charge is 2.18. The summed E-state index contributed by atoms with van der Waals surface area (Å²) in [5.74, 6) is 0. The molecule has 0 heterocycles. The van der Waals surface area contributed by atoms with Crippen LogP contribution in [0.15, 0.2) is 24.3 Å². The first-order valence-corrected chi connectivity index (χ1v) is 6.23. The van der Waals surface area contributed by atoms with Crippen LogP contribution >= 0.6 is 11.6 Å². The van der Waals surface area contributed by atoms with Crippen LogP contribution in [-0.2, 0) is 0 Å². The first-order valence-electron chi connectivity index (χ1n) is 5.86. The molecule has 0 aliphatic heterocycles. The third-order valence-electron chi connectivity index (χ3n) is 2.96. The van der Waals surface area contributed by atoms with Crippen LogP contribution in [0.5, 0.6) is 0 Å². The van der Waals surface area contributed by atoms with Crippen molar-refractivity contribution in [1.82, 2.24) is 10.2 Å². The Morgan fingerprint density at radius 2 is 2.06 bits per heavy atom. The quantitative estimate of drug-likeness (QED) is 0.883. The highest BCUT2D eigenvalue weighted by atomic mass is 35.5. The van der Waals surface area contributed by atoms with E-state index in [1.54, 1.807) is 20.0 Å². The fourth-order valence-corrected chi connectivity index (χ4v) is 1.81. The maximum atomic E-state index is 11.9. The van der Waals surface area contributed by atoms with Gasteiger partial charge in [-0.25, -0.2) is 4.79 Å². The minimum atomic E-state index is -0.232. The van der Waals surface area contributed by atoms with Gasteiger partial charge in [0.25, 0.3) is 0 Å². The number of rotatable bonds is 4. The number of likely N-dealkylation sites (N-methyl/N-ethyl adjacent to an activating group) is 1. The van der Waals surface area contributed by atoms with Crippen molar-refractivity contribution in [3.8, 4) is 0 Å². The number of nitrogens with one attached hydrogen (secondary N) is 1. The first kappa shape index (κ1) is 14.8. The topological polar surface area (TPSA) is 52.6 Å². The van der Waals surface area contributed by atoms with Crippen molar-refractivity contribution in [3.63, 3.8) is 0 Å². The van der Waals surface area contributed by atoms with Gasteiger partial charge in [0.15, 0.2) is 0 Å². The maximum Gasteiger partial charge on any atom is 0.317 e. The Bertz CT molecular complexity index is 412. The third-order valence-corrected chi connectivity index (χ3v) is 3.30. The van der Waals surface area contributed by atoms with Gasteiger partial charge in [0.05, 0.1) is 18.7 Å². The molecule has 0 fully saturated rings. The predicted molar refractivity (Wildman–Crippen MR) is 72.7 cm³/mol. The van der Waals surface area contributed by atoms with E-state index >= 15 is 0 Å². The lowest BCUT2D eigenvalue weighted by atomic mass is 10.1. The van der Waals surface area contributed by atoms with Crippen LogP contribution in [0.1, 0.15) is 25.5 Å². The second kappa shape index (κ2) is 6.61. The van der Waals surface area contributed by atoms with E-state index in [9.17, 15) is 4.79 Å². The van der Waals surface area contributed by atoms with Crippen LogP contribution in [0.25, 0.3) is 0 Å². The summed E-state index contributed by atoms with van der Waals surface area (Å²) in [4.78, 5) is 13.4. The summed E-state index contributed by atoms with van der Waals surface area (Å²) in [7, 11) is 1.65. The van der Waals surface area contributed by atoms with Crippen molar-refractivity contribution in [2.75, 3.05) is 13.7 Å². The summed E-state index contributed by atoms with van der Waals surface area (Å²) < 4.78 is 0. The number of amides is 2. The van der Waals surface area contributed by atoms with E-state index in [2.05, 4.69) is 5.32 Å². The Morgan fingerprint density at radius 3 is 2.61 bits per heavy atom.